The normalized spacial score (nSPS) is 11.9. The monoisotopic (exact) mass is 258 g/mol. The summed E-state index contributed by atoms with van der Waals surface area (Å²) in [5.74, 6) is -0.465. The Balaban J connectivity index is 2.24. The number of amides is 1. The average Bonchev–Trinajstić information content (AvgIpc) is 2.39. The number of aliphatic hydroxyl groups is 1. The van der Waals surface area contributed by atoms with Crippen molar-refractivity contribution in [2.45, 2.75) is 13.0 Å². The van der Waals surface area contributed by atoms with E-state index in [2.05, 4.69) is 10.3 Å². The molecule has 0 saturated carbocycles. The molecule has 0 aliphatic carbocycles. The number of para-hydroxylation sites is 1. The summed E-state index contributed by atoms with van der Waals surface area (Å²) in [7, 11) is 0. The zero-order chi connectivity index (χ0) is 13.8. The molecule has 3 N–H and O–H groups in total. The molecule has 2 rings (SSSR count). The second kappa shape index (κ2) is 5.49. The maximum atomic E-state index is 12.0. The van der Waals surface area contributed by atoms with E-state index in [9.17, 15) is 15.0 Å². The number of carbonyl (C=O) groups excluding carboxylic acids is 1. The summed E-state index contributed by atoms with van der Waals surface area (Å²) in [6.45, 7) is 1.63. The summed E-state index contributed by atoms with van der Waals surface area (Å²) in [6.07, 6.45) is 1.93. The van der Waals surface area contributed by atoms with Crippen molar-refractivity contribution in [1.82, 2.24) is 4.98 Å². The van der Waals surface area contributed by atoms with Crippen molar-refractivity contribution in [3.63, 3.8) is 0 Å². The van der Waals surface area contributed by atoms with Crippen molar-refractivity contribution >= 4 is 11.6 Å². The number of nitrogens with one attached hydrogen (secondary N) is 1. The van der Waals surface area contributed by atoms with Crippen molar-refractivity contribution in [2.75, 3.05) is 5.32 Å². The molecule has 2 aromatic rings. The Morgan fingerprint density at radius 3 is 2.74 bits per heavy atom. The third kappa shape index (κ3) is 3.08. The zero-order valence-electron chi connectivity index (χ0n) is 10.4. The van der Waals surface area contributed by atoms with Crippen LogP contribution < -0.4 is 5.32 Å². The van der Waals surface area contributed by atoms with Crippen LogP contribution in [-0.2, 0) is 0 Å². The van der Waals surface area contributed by atoms with Gasteiger partial charge in [0.25, 0.3) is 5.91 Å². The fraction of sp³-hybridized carbons (Fsp3) is 0.143. The molecule has 0 aliphatic heterocycles. The van der Waals surface area contributed by atoms with E-state index in [1.807, 2.05) is 0 Å². The van der Waals surface area contributed by atoms with E-state index in [-0.39, 0.29) is 11.3 Å². The van der Waals surface area contributed by atoms with Crippen LogP contribution in [0, 0.1) is 0 Å². The van der Waals surface area contributed by atoms with Crippen molar-refractivity contribution in [3.8, 4) is 5.75 Å². The van der Waals surface area contributed by atoms with Crippen LogP contribution in [0.15, 0.2) is 42.7 Å². The van der Waals surface area contributed by atoms with Gasteiger partial charge in [0.15, 0.2) is 0 Å². The van der Waals surface area contributed by atoms with E-state index in [0.717, 1.165) is 0 Å². The second-order valence-corrected chi connectivity index (χ2v) is 4.15. The summed E-state index contributed by atoms with van der Waals surface area (Å²) < 4.78 is 0. The number of aromatic nitrogens is 1. The minimum atomic E-state index is -0.682. The van der Waals surface area contributed by atoms with Gasteiger partial charge in [-0.25, -0.2) is 0 Å². The number of benzene rings is 1. The lowest BCUT2D eigenvalue weighted by Gasteiger charge is -2.12. The minimum absolute atomic E-state index is 0.0727. The second-order valence-electron chi connectivity index (χ2n) is 4.15. The maximum Gasteiger partial charge on any atom is 0.257 e. The molecule has 5 nitrogen and oxygen atoms in total. The van der Waals surface area contributed by atoms with E-state index in [1.165, 1.54) is 18.5 Å². The van der Waals surface area contributed by atoms with E-state index in [4.69, 9.17) is 0 Å². The summed E-state index contributed by atoms with van der Waals surface area (Å²) in [6, 6.07) is 8.32. The van der Waals surface area contributed by atoms with Crippen molar-refractivity contribution < 1.29 is 15.0 Å². The first kappa shape index (κ1) is 13.0. The lowest BCUT2D eigenvalue weighted by molar-refractivity contribution is 0.102. The fourth-order valence-corrected chi connectivity index (χ4v) is 1.72. The minimum Gasteiger partial charge on any atom is -0.506 e. The van der Waals surface area contributed by atoms with Gasteiger partial charge in [-0.15, -0.1) is 0 Å². The lowest BCUT2D eigenvalue weighted by Crippen LogP contribution is -2.14. The highest BCUT2D eigenvalue weighted by atomic mass is 16.3. The summed E-state index contributed by atoms with van der Waals surface area (Å²) in [4.78, 5) is 15.7. The van der Waals surface area contributed by atoms with Gasteiger partial charge in [0.1, 0.15) is 5.75 Å². The maximum absolute atomic E-state index is 12.0. The van der Waals surface area contributed by atoms with Crippen molar-refractivity contribution in [3.05, 3.63) is 53.9 Å². The standard InChI is InChI=1S/C14H14N2O3/c1-9(17)12-4-2-3-5-13(12)16-14(19)10-6-11(18)8-15-7-10/h2-9,17-18H,1H3,(H,16,19). The third-order valence-corrected chi connectivity index (χ3v) is 2.65. The highest BCUT2D eigenvalue weighted by Crippen LogP contribution is 2.23. The van der Waals surface area contributed by atoms with Gasteiger partial charge in [-0.2, -0.15) is 0 Å². The average molecular weight is 258 g/mol. The topological polar surface area (TPSA) is 82.5 Å². The number of aliphatic hydroxyl groups excluding tert-OH is 1. The van der Waals surface area contributed by atoms with Crippen molar-refractivity contribution in [1.29, 1.82) is 0 Å². The van der Waals surface area contributed by atoms with E-state index in [0.29, 0.717) is 11.3 Å². The van der Waals surface area contributed by atoms with Gasteiger partial charge < -0.3 is 15.5 Å². The molecule has 1 atom stereocenters. The highest BCUT2D eigenvalue weighted by molar-refractivity contribution is 6.04. The van der Waals surface area contributed by atoms with Crippen LogP contribution in [0.5, 0.6) is 5.75 Å². The van der Waals surface area contributed by atoms with Crippen LogP contribution in [0.25, 0.3) is 0 Å². The van der Waals surface area contributed by atoms with Crippen LogP contribution in [-0.4, -0.2) is 21.1 Å². The molecule has 0 saturated heterocycles. The van der Waals surface area contributed by atoms with Crippen molar-refractivity contribution in [2.24, 2.45) is 0 Å². The first-order valence-corrected chi connectivity index (χ1v) is 5.80. The number of hydrogen-bond acceptors (Lipinski definition) is 4. The van der Waals surface area contributed by atoms with E-state index >= 15 is 0 Å². The Hall–Kier alpha value is -2.40. The molecule has 1 aromatic carbocycles. The highest BCUT2D eigenvalue weighted by Gasteiger charge is 2.12. The molecule has 1 heterocycles. The zero-order valence-corrected chi connectivity index (χ0v) is 10.4. The van der Waals surface area contributed by atoms with Gasteiger partial charge in [-0.3, -0.25) is 9.78 Å². The van der Waals surface area contributed by atoms with Gasteiger partial charge in [0, 0.05) is 17.4 Å². The quantitative estimate of drug-likeness (QED) is 0.787. The van der Waals surface area contributed by atoms with Gasteiger partial charge in [0.05, 0.1) is 17.9 Å². The molecule has 0 bridgehead atoms. The first-order chi connectivity index (χ1) is 9.08. The smallest absolute Gasteiger partial charge is 0.257 e. The predicted octanol–water partition coefficient (Wildman–Crippen LogP) is 2.09. The van der Waals surface area contributed by atoms with E-state index in [1.54, 1.807) is 31.2 Å². The van der Waals surface area contributed by atoms with Crippen LogP contribution in [0.2, 0.25) is 0 Å². The Morgan fingerprint density at radius 1 is 1.32 bits per heavy atom. The molecule has 5 heteroatoms. The molecule has 0 aliphatic rings. The van der Waals surface area contributed by atoms with Crippen LogP contribution >= 0.6 is 0 Å². The van der Waals surface area contributed by atoms with Crippen LogP contribution in [0.4, 0.5) is 5.69 Å². The Morgan fingerprint density at radius 2 is 2.05 bits per heavy atom. The molecule has 1 amide bonds. The summed E-state index contributed by atoms with van der Waals surface area (Å²) in [5.41, 5.74) is 1.41. The SMILES string of the molecule is CC(O)c1ccccc1NC(=O)c1cncc(O)c1. The number of pyridine rings is 1. The van der Waals surface area contributed by atoms with Gasteiger partial charge in [-0.1, -0.05) is 18.2 Å². The Kier molecular flexibility index (Phi) is 3.77. The molecule has 0 spiro atoms. The number of nitrogens with zero attached hydrogens (tertiary/aromatic N) is 1. The molecule has 1 aromatic heterocycles. The first-order valence-electron chi connectivity index (χ1n) is 5.80. The van der Waals surface area contributed by atoms with Crippen LogP contribution in [0.3, 0.4) is 0 Å². The molecular formula is C14H14N2O3. The largest absolute Gasteiger partial charge is 0.506 e. The summed E-state index contributed by atoms with van der Waals surface area (Å²) >= 11 is 0. The van der Waals surface area contributed by atoms with Crippen LogP contribution in [0.1, 0.15) is 28.9 Å². The molecule has 0 fully saturated rings. The Labute approximate surface area is 110 Å². The number of rotatable bonds is 3. The molecule has 1 unspecified atom stereocenters. The molecule has 0 radical (unpaired) electrons. The van der Waals surface area contributed by atoms with Gasteiger partial charge in [-0.05, 0) is 19.1 Å². The van der Waals surface area contributed by atoms with Gasteiger partial charge in [0.2, 0.25) is 0 Å². The Bertz CT molecular complexity index is 597. The van der Waals surface area contributed by atoms with Gasteiger partial charge >= 0.3 is 0 Å². The number of carbonyl (C=O) groups is 1. The lowest BCUT2D eigenvalue weighted by atomic mass is 10.1. The fourth-order valence-electron chi connectivity index (χ4n) is 1.72. The summed E-state index contributed by atoms with van der Waals surface area (Å²) in [5, 5.41) is 21.6. The molecular weight excluding hydrogens is 244 g/mol. The number of hydrogen-bond donors (Lipinski definition) is 3. The molecule has 98 valence electrons. The number of anilines is 1. The predicted molar refractivity (Wildman–Crippen MR) is 70.9 cm³/mol. The third-order valence-electron chi connectivity index (χ3n) is 2.65. The van der Waals surface area contributed by atoms with E-state index < -0.39 is 12.0 Å². The number of aromatic hydroxyl groups is 1. The molecule has 19 heavy (non-hydrogen) atoms.